The minimum atomic E-state index is 0.0646. The summed E-state index contributed by atoms with van der Waals surface area (Å²) in [5.41, 5.74) is 10.0. The lowest BCUT2D eigenvalue weighted by Crippen LogP contribution is -2.30. The van der Waals surface area contributed by atoms with Crippen LogP contribution in [0.4, 0.5) is 0 Å². The van der Waals surface area contributed by atoms with E-state index in [9.17, 15) is 4.79 Å². The number of benzene rings is 1. The second-order valence-electron chi connectivity index (χ2n) is 6.38. The molecule has 1 aliphatic carbocycles. The number of hydrogen-bond donors (Lipinski definition) is 2. The first-order valence-corrected chi connectivity index (χ1v) is 8.20. The van der Waals surface area contributed by atoms with Crippen LogP contribution >= 0.6 is 0 Å². The lowest BCUT2D eigenvalue weighted by atomic mass is 10.1. The number of aromatic nitrogens is 2. The van der Waals surface area contributed by atoms with Gasteiger partial charge in [0.2, 0.25) is 5.91 Å². The van der Waals surface area contributed by atoms with E-state index in [4.69, 9.17) is 5.73 Å². The molecule has 2 atom stereocenters. The summed E-state index contributed by atoms with van der Waals surface area (Å²) >= 11 is 0. The van der Waals surface area contributed by atoms with Crippen molar-refractivity contribution in [3.8, 4) is 5.69 Å². The first kappa shape index (κ1) is 15.7. The van der Waals surface area contributed by atoms with E-state index in [1.165, 1.54) is 0 Å². The van der Waals surface area contributed by atoms with Crippen molar-refractivity contribution in [3.63, 3.8) is 0 Å². The van der Waals surface area contributed by atoms with E-state index >= 15 is 0 Å². The molecule has 1 saturated carbocycles. The van der Waals surface area contributed by atoms with Crippen LogP contribution in [0.25, 0.3) is 5.69 Å². The maximum Gasteiger partial charge on any atom is 0.223 e. The van der Waals surface area contributed by atoms with E-state index in [2.05, 4.69) is 10.4 Å². The van der Waals surface area contributed by atoms with Gasteiger partial charge in [0, 0.05) is 29.8 Å². The third-order valence-corrected chi connectivity index (χ3v) is 4.73. The molecule has 2 aromatic rings. The fourth-order valence-electron chi connectivity index (χ4n) is 3.33. The third kappa shape index (κ3) is 3.29. The Labute approximate surface area is 136 Å². The molecule has 1 fully saturated rings. The Hall–Kier alpha value is -2.14. The highest BCUT2D eigenvalue weighted by Gasteiger charge is 2.27. The van der Waals surface area contributed by atoms with Gasteiger partial charge in [-0.15, -0.1) is 0 Å². The van der Waals surface area contributed by atoms with Gasteiger partial charge < -0.3 is 11.1 Å². The van der Waals surface area contributed by atoms with Crippen LogP contribution in [0.3, 0.4) is 0 Å². The predicted molar refractivity (Wildman–Crippen MR) is 90.2 cm³/mol. The van der Waals surface area contributed by atoms with Crippen LogP contribution in [-0.4, -0.2) is 21.7 Å². The molecule has 5 heteroatoms. The minimum Gasteiger partial charge on any atom is -0.352 e. The molecule has 0 radical (unpaired) electrons. The SMILES string of the molecule is Cc1nn(-c2ccccc2)c(C)c1CNC(=O)C1CCC(N)C1. The summed E-state index contributed by atoms with van der Waals surface area (Å²) in [7, 11) is 0. The van der Waals surface area contributed by atoms with Gasteiger partial charge in [0.1, 0.15) is 0 Å². The summed E-state index contributed by atoms with van der Waals surface area (Å²) < 4.78 is 1.93. The molecule has 23 heavy (non-hydrogen) atoms. The number of aryl methyl sites for hydroxylation is 1. The zero-order valence-electron chi connectivity index (χ0n) is 13.7. The van der Waals surface area contributed by atoms with E-state index in [0.717, 1.165) is 41.9 Å². The van der Waals surface area contributed by atoms with Gasteiger partial charge in [-0.3, -0.25) is 4.79 Å². The minimum absolute atomic E-state index is 0.0646. The van der Waals surface area contributed by atoms with Crippen LogP contribution in [0.2, 0.25) is 0 Å². The molecule has 122 valence electrons. The Bertz CT molecular complexity index is 693. The first-order chi connectivity index (χ1) is 11.1. The summed E-state index contributed by atoms with van der Waals surface area (Å²) in [6.45, 7) is 4.55. The zero-order valence-corrected chi connectivity index (χ0v) is 13.7. The van der Waals surface area contributed by atoms with Crippen molar-refractivity contribution in [2.24, 2.45) is 11.7 Å². The Kier molecular flexibility index (Phi) is 4.48. The van der Waals surface area contributed by atoms with Gasteiger partial charge in [0.15, 0.2) is 0 Å². The molecular formula is C18H24N4O. The molecule has 3 rings (SSSR count). The van der Waals surface area contributed by atoms with Crippen molar-refractivity contribution in [2.75, 3.05) is 0 Å². The highest BCUT2D eigenvalue weighted by Crippen LogP contribution is 2.24. The van der Waals surface area contributed by atoms with Gasteiger partial charge in [-0.25, -0.2) is 4.68 Å². The molecule has 0 bridgehead atoms. The lowest BCUT2D eigenvalue weighted by molar-refractivity contribution is -0.125. The van der Waals surface area contributed by atoms with E-state index in [1.807, 2.05) is 48.9 Å². The number of carbonyl (C=O) groups excluding carboxylic acids is 1. The van der Waals surface area contributed by atoms with Gasteiger partial charge in [0.25, 0.3) is 0 Å². The maximum atomic E-state index is 12.3. The van der Waals surface area contributed by atoms with Crippen molar-refractivity contribution < 1.29 is 4.79 Å². The Morgan fingerprint density at radius 3 is 2.70 bits per heavy atom. The molecule has 0 saturated heterocycles. The van der Waals surface area contributed by atoms with Crippen LogP contribution in [-0.2, 0) is 11.3 Å². The molecule has 1 amide bonds. The molecular weight excluding hydrogens is 288 g/mol. The quantitative estimate of drug-likeness (QED) is 0.909. The fourth-order valence-corrected chi connectivity index (χ4v) is 3.33. The summed E-state index contributed by atoms with van der Waals surface area (Å²) in [5.74, 6) is 0.180. The number of amides is 1. The highest BCUT2D eigenvalue weighted by atomic mass is 16.1. The average Bonchev–Trinajstić information content (AvgIpc) is 3.10. The second-order valence-corrected chi connectivity index (χ2v) is 6.38. The summed E-state index contributed by atoms with van der Waals surface area (Å²) in [6.07, 6.45) is 2.64. The number of nitrogens with zero attached hydrogens (tertiary/aromatic N) is 2. The van der Waals surface area contributed by atoms with Crippen molar-refractivity contribution in [1.29, 1.82) is 0 Å². The number of carbonyl (C=O) groups is 1. The molecule has 1 aromatic heterocycles. The van der Waals surface area contributed by atoms with Crippen molar-refractivity contribution in [2.45, 2.75) is 45.7 Å². The van der Waals surface area contributed by atoms with Gasteiger partial charge >= 0.3 is 0 Å². The number of para-hydroxylation sites is 1. The van der Waals surface area contributed by atoms with Crippen LogP contribution in [0.15, 0.2) is 30.3 Å². The monoisotopic (exact) mass is 312 g/mol. The zero-order chi connectivity index (χ0) is 16.4. The topological polar surface area (TPSA) is 72.9 Å². The van der Waals surface area contributed by atoms with Crippen LogP contribution in [0.1, 0.15) is 36.2 Å². The van der Waals surface area contributed by atoms with Gasteiger partial charge in [0.05, 0.1) is 11.4 Å². The van der Waals surface area contributed by atoms with E-state index < -0.39 is 0 Å². The van der Waals surface area contributed by atoms with Gasteiger partial charge in [-0.05, 0) is 45.2 Å². The van der Waals surface area contributed by atoms with Crippen molar-refractivity contribution >= 4 is 5.91 Å². The standard InChI is InChI=1S/C18H24N4O/c1-12-17(11-20-18(23)14-8-9-15(19)10-14)13(2)22(21-12)16-6-4-3-5-7-16/h3-7,14-15H,8-11,19H2,1-2H3,(H,20,23). The Morgan fingerprint density at radius 1 is 1.30 bits per heavy atom. The number of nitrogens with one attached hydrogen (secondary N) is 1. The van der Waals surface area contributed by atoms with Crippen LogP contribution in [0.5, 0.6) is 0 Å². The largest absolute Gasteiger partial charge is 0.352 e. The molecule has 1 aromatic carbocycles. The number of rotatable bonds is 4. The molecule has 1 heterocycles. The Balaban J connectivity index is 1.71. The normalized spacial score (nSPS) is 20.7. The molecule has 2 unspecified atom stereocenters. The average molecular weight is 312 g/mol. The first-order valence-electron chi connectivity index (χ1n) is 8.20. The molecule has 0 aliphatic heterocycles. The van der Waals surface area contributed by atoms with Crippen molar-refractivity contribution in [1.82, 2.24) is 15.1 Å². The van der Waals surface area contributed by atoms with Crippen molar-refractivity contribution in [3.05, 3.63) is 47.3 Å². The van der Waals surface area contributed by atoms with E-state index in [1.54, 1.807) is 0 Å². The predicted octanol–water partition coefficient (Wildman–Crippen LogP) is 2.23. The Morgan fingerprint density at radius 2 is 2.04 bits per heavy atom. The van der Waals surface area contributed by atoms with E-state index in [-0.39, 0.29) is 17.9 Å². The molecule has 5 nitrogen and oxygen atoms in total. The smallest absolute Gasteiger partial charge is 0.223 e. The van der Waals surface area contributed by atoms with E-state index in [0.29, 0.717) is 6.54 Å². The van der Waals surface area contributed by atoms with Crippen LogP contribution in [0, 0.1) is 19.8 Å². The molecule has 0 spiro atoms. The lowest BCUT2D eigenvalue weighted by Gasteiger charge is -2.11. The highest BCUT2D eigenvalue weighted by molar-refractivity contribution is 5.79. The fraction of sp³-hybridized carbons (Fsp3) is 0.444. The molecule has 1 aliphatic rings. The van der Waals surface area contributed by atoms with Gasteiger partial charge in [-0.2, -0.15) is 5.10 Å². The summed E-state index contributed by atoms with van der Waals surface area (Å²) in [5, 5.41) is 7.67. The molecule has 3 N–H and O–H groups in total. The summed E-state index contributed by atoms with van der Waals surface area (Å²) in [6, 6.07) is 10.2. The van der Waals surface area contributed by atoms with Crippen LogP contribution < -0.4 is 11.1 Å². The number of hydrogen-bond acceptors (Lipinski definition) is 3. The number of nitrogens with two attached hydrogens (primary N) is 1. The maximum absolute atomic E-state index is 12.3. The second kappa shape index (κ2) is 6.54. The third-order valence-electron chi connectivity index (χ3n) is 4.73. The van der Waals surface area contributed by atoms with Gasteiger partial charge in [-0.1, -0.05) is 18.2 Å². The summed E-state index contributed by atoms with van der Waals surface area (Å²) in [4.78, 5) is 12.3.